The molecule has 2 rings (SSSR count). The fraction of sp³-hybridized carbons (Fsp3) is 0.571. The number of rotatable bonds is 3. The second-order valence-corrected chi connectivity index (χ2v) is 5.13. The van der Waals surface area contributed by atoms with Crippen LogP contribution in [0.1, 0.15) is 31.4 Å². The van der Waals surface area contributed by atoms with Crippen molar-refractivity contribution >= 4 is 5.69 Å². The zero-order valence-corrected chi connectivity index (χ0v) is 10.8. The number of nitrogens with two attached hydrogens (primary N) is 1. The minimum atomic E-state index is -0.248. The van der Waals surface area contributed by atoms with Gasteiger partial charge < -0.3 is 15.7 Å². The van der Waals surface area contributed by atoms with Crippen molar-refractivity contribution < 1.29 is 9.50 Å². The summed E-state index contributed by atoms with van der Waals surface area (Å²) in [5.41, 5.74) is 7.76. The molecular weight excluding hydrogens is 231 g/mol. The molecule has 1 saturated heterocycles. The molecule has 0 aliphatic carbocycles. The number of nitrogens with zero attached hydrogens (tertiary/aromatic N) is 1. The van der Waals surface area contributed by atoms with Crippen molar-refractivity contribution in [2.24, 2.45) is 11.7 Å². The van der Waals surface area contributed by atoms with Crippen LogP contribution in [0.25, 0.3) is 0 Å². The van der Waals surface area contributed by atoms with Gasteiger partial charge in [0.05, 0.1) is 0 Å². The highest BCUT2D eigenvalue weighted by Gasteiger charge is 2.22. The standard InChI is InChI=1S/C14H21FN2O/c1-10(16)13-7-12(15)4-5-14(13)17-6-2-3-11(8-17)9-18/h4-5,7,10-11,18H,2-3,6,8-9,16H2,1H3/t10-,11?/m0/s1. The number of benzene rings is 1. The lowest BCUT2D eigenvalue weighted by Crippen LogP contribution is -2.37. The van der Waals surface area contributed by atoms with Crippen LogP contribution in [-0.4, -0.2) is 24.8 Å². The maximum Gasteiger partial charge on any atom is 0.123 e. The van der Waals surface area contributed by atoms with Crippen molar-refractivity contribution in [1.29, 1.82) is 0 Å². The molecule has 18 heavy (non-hydrogen) atoms. The van der Waals surface area contributed by atoms with Crippen LogP contribution in [0.3, 0.4) is 0 Å². The Hall–Kier alpha value is -1.13. The van der Waals surface area contributed by atoms with Crippen LogP contribution in [0.15, 0.2) is 18.2 Å². The van der Waals surface area contributed by atoms with E-state index in [9.17, 15) is 9.50 Å². The Labute approximate surface area is 107 Å². The molecule has 1 fully saturated rings. The lowest BCUT2D eigenvalue weighted by atomic mass is 9.96. The molecule has 0 aromatic heterocycles. The normalized spacial score (nSPS) is 22.0. The number of piperidine rings is 1. The summed E-state index contributed by atoms with van der Waals surface area (Å²) < 4.78 is 13.3. The van der Waals surface area contributed by atoms with Gasteiger partial charge in [-0.25, -0.2) is 4.39 Å². The molecule has 3 N–H and O–H groups in total. The van der Waals surface area contributed by atoms with E-state index in [0.29, 0.717) is 5.92 Å². The van der Waals surface area contributed by atoms with Gasteiger partial charge in [-0.05, 0) is 49.4 Å². The van der Waals surface area contributed by atoms with Crippen molar-refractivity contribution in [1.82, 2.24) is 0 Å². The molecule has 4 heteroatoms. The third-order valence-corrected chi connectivity index (χ3v) is 3.60. The van der Waals surface area contributed by atoms with E-state index in [1.54, 1.807) is 6.07 Å². The molecule has 3 nitrogen and oxygen atoms in total. The molecule has 1 unspecified atom stereocenters. The molecule has 1 aromatic rings. The van der Waals surface area contributed by atoms with E-state index in [4.69, 9.17) is 5.73 Å². The number of hydrogen-bond donors (Lipinski definition) is 2. The van der Waals surface area contributed by atoms with E-state index in [1.165, 1.54) is 12.1 Å². The van der Waals surface area contributed by atoms with Gasteiger partial charge in [-0.2, -0.15) is 0 Å². The Bertz CT molecular complexity index is 409. The van der Waals surface area contributed by atoms with Crippen molar-refractivity contribution in [3.05, 3.63) is 29.6 Å². The monoisotopic (exact) mass is 252 g/mol. The van der Waals surface area contributed by atoms with Crippen LogP contribution in [-0.2, 0) is 0 Å². The minimum Gasteiger partial charge on any atom is -0.396 e. The Morgan fingerprint density at radius 2 is 2.33 bits per heavy atom. The van der Waals surface area contributed by atoms with Crippen LogP contribution in [0, 0.1) is 11.7 Å². The topological polar surface area (TPSA) is 49.5 Å². The summed E-state index contributed by atoms with van der Waals surface area (Å²) in [6.45, 7) is 3.85. The molecule has 1 aliphatic heterocycles. The number of aliphatic hydroxyl groups excluding tert-OH is 1. The zero-order chi connectivity index (χ0) is 13.1. The Morgan fingerprint density at radius 3 is 3.00 bits per heavy atom. The van der Waals surface area contributed by atoms with E-state index in [0.717, 1.165) is 37.2 Å². The predicted molar refractivity (Wildman–Crippen MR) is 71.0 cm³/mol. The average molecular weight is 252 g/mol. The van der Waals surface area contributed by atoms with E-state index < -0.39 is 0 Å². The molecule has 100 valence electrons. The van der Waals surface area contributed by atoms with Gasteiger partial charge in [0.25, 0.3) is 0 Å². The van der Waals surface area contributed by atoms with Crippen molar-refractivity contribution in [2.45, 2.75) is 25.8 Å². The van der Waals surface area contributed by atoms with Gasteiger partial charge in [0.15, 0.2) is 0 Å². The molecule has 0 bridgehead atoms. The van der Waals surface area contributed by atoms with Gasteiger partial charge >= 0.3 is 0 Å². The van der Waals surface area contributed by atoms with E-state index in [1.807, 2.05) is 6.92 Å². The molecule has 1 aromatic carbocycles. The van der Waals surface area contributed by atoms with Crippen LogP contribution in [0.2, 0.25) is 0 Å². The highest BCUT2D eigenvalue weighted by atomic mass is 19.1. The van der Waals surface area contributed by atoms with Gasteiger partial charge in [0.1, 0.15) is 5.82 Å². The first-order valence-corrected chi connectivity index (χ1v) is 6.52. The number of halogens is 1. The molecule has 2 atom stereocenters. The summed E-state index contributed by atoms with van der Waals surface area (Å²) in [6, 6.07) is 4.60. The highest BCUT2D eigenvalue weighted by molar-refractivity contribution is 5.55. The summed E-state index contributed by atoms with van der Waals surface area (Å²) in [6.07, 6.45) is 2.11. The third-order valence-electron chi connectivity index (χ3n) is 3.60. The lowest BCUT2D eigenvalue weighted by molar-refractivity contribution is 0.208. The molecule has 0 saturated carbocycles. The molecule has 1 heterocycles. The second kappa shape index (κ2) is 5.67. The van der Waals surface area contributed by atoms with E-state index in [2.05, 4.69) is 4.90 Å². The fourth-order valence-corrected chi connectivity index (χ4v) is 2.61. The SMILES string of the molecule is C[C@H](N)c1cc(F)ccc1N1CCCC(CO)C1. The van der Waals surface area contributed by atoms with E-state index in [-0.39, 0.29) is 18.5 Å². The minimum absolute atomic E-state index is 0.190. The van der Waals surface area contributed by atoms with Crippen molar-refractivity contribution in [3.8, 4) is 0 Å². The summed E-state index contributed by atoms with van der Waals surface area (Å²) in [5, 5.41) is 9.27. The lowest BCUT2D eigenvalue weighted by Gasteiger charge is -2.35. The Morgan fingerprint density at radius 1 is 1.56 bits per heavy atom. The quantitative estimate of drug-likeness (QED) is 0.865. The average Bonchev–Trinajstić information content (AvgIpc) is 2.38. The third kappa shape index (κ3) is 2.82. The predicted octanol–water partition coefficient (Wildman–Crippen LogP) is 2.05. The van der Waals surface area contributed by atoms with E-state index >= 15 is 0 Å². The Balaban J connectivity index is 2.26. The first-order chi connectivity index (χ1) is 8.61. The van der Waals surface area contributed by atoms with Crippen LogP contribution < -0.4 is 10.6 Å². The Kier molecular flexibility index (Phi) is 4.19. The summed E-state index contributed by atoms with van der Waals surface area (Å²) in [5.74, 6) is 0.0616. The zero-order valence-electron chi connectivity index (χ0n) is 10.8. The van der Waals surface area contributed by atoms with Gasteiger partial charge in [-0.1, -0.05) is 0 Å². The van der Waals surface area contributed by atoms with Crippen molar-refractivity contribution in [2.75, 3.05) is 24.6 Å². The maximum atomic E-state index is 13.3. The molecular formula is C14H21FN2O. The summed E-state index contributed by atoms with van der Waals surface area (Å²) in [4.78, 5) is 2.21. The summed E-state index contributed by atoms with van der Waals surface area (Å²) in [7, 11) is 0. The fourth-order valence-electron chi connectivity index (χ4n) is 2.61. The molecule has 0 amide bonds. The first-order valence-electron chi connectivity index (χ1n) is 6.52. The van der Waals surface area contributed by atoms with Gasteiger partial charge in [0, 0.05) is 31.4 Å². The largest absolute Gasteiger partial charge is 0.396 e. The van der Waals surface area contributed by atoms with Gasteiger partial charge in [-0.3, -0.25) is 0 Å². The smallest absolute Gasteiger partial charge is 0.123 e. The summed E-state index contributed by atoms with van der Waals surface area (Å²) >= 11 is 0. The molecule has 1 aliphatic rings. The van der Waals surface area contributed by atoms with Crippen LogP contribution in [0.4, 0.5) is 10.1 Å². The second-order valence-electron chi connectivity index (χ2n) is 5.13. The molecule has 0 radical (unpaired) electrons. The number of aliphatic hydroxyl groups is 1. The van der Waals surface area contributed by atoms with Crippen LogP contribution in [0.5, 0.6) is 0 Å². The number of anilines is 1. The van der Waals surface area contributed by atoms with Crippen LogP contribution >= 0.6 is 0 Å². The maximum absolute atomic E-state index is 13.3. The first kappa shape index (κ1) is 13.3. The van der Waals surface area contributed by atoms with Gasteiger partial charge in [-0.15, -0.1) is 0 Å². The van der Waals surface area contributed by atoms with Gasteiger partial charge in [0.2, 0.25) is 0 Å². The molecule has 0 spiro atoms. The number of hydrogen-bond acceptors (Lipinski definition) is 3. The van der Waals surface area contributed by atoms with Crippen molar-refractivity contribution in [3.63, 3.8) is 0 Å². The highest BCUT2D eigenvalue weighted by Crippen LogP contribution is 2.29.